The lowest BCUT2D eigenvalue weighted by atomic mass is 10.1. The van der Waals surface area contributed by atoms with Crippen LogP contribution in [-0.4, -0.2) is 29.6 Å². The second-order valence-corrected chi connectivity index (χ2v) is 5.50. The van der Waals surface area contributed by atoms with Crippen LogP contribution >= 0.6 is 0 Å². The van der Waals surface area contributed by atoms with Gasteiger partial charge in [-0.2, -0.15) is 18.2 Å². The maximum Gasteiger partial charge on any atom is 0.471 e. The molecule has 3 aromatic rings. The van der Waals surface area contributed by atoms with Gasteiger partial charge >= 0.3 is 12.1 Å². The largest absolute Gasteiger partial charge is 0.497 e. The highest BCUT2D eigenvalue weighted by Crippen LogP contribution is 2.29. The smallest absolute Gasteiger partial charge is 0.471 e. The quantitative estimate of drug-likeness (QED) is 0.460. The molecule has 0 atom stereocenters. The molecule has 0 spiro atoms. The number of rotatable bonds is 6. The van der Waals surface area contributed by atoms with E-state index in [1.807, 2.05) is 0 Å². The molecule has 0 aliphatic carbocycles. The normalized spacial score (nSPS) is 11.3. The maximum atomic E-state index is 14.3. The highest BCUT2D eigenvalue weighted by molar-refractivity contribution is 5.97. The average molecular weight is 396 g/mol. The van der Waals surface area contributed by atoms with Crippen molar-refractivity contribution < 1.29 is 36.4 Å². The van der Waals surface area contributed by atoms with Gasteiger partial charge in [0.25, 0.3) is 0 Å². The number of carbonyl (C=O) groups is 1. The number of benzene rings is 2. The zero-order valence-corrected chi connectivity index (χ0v) is 14.3. The highest BCUT2D eigenvalue weighted by atomic mass is 19.4. The van der Waals surface area contributed by atoms with Gasteiger partial charge in [-0.3, -0.25) is 4.79 Å². The van der Waals surface area contributed by atoms with E-state index in [2.05, 4.69) is 14.7 Å². The Morgan fingerprint density at radius 1 is 1.11 bits per heavy atom. The first-order chi connectivity index (χ1) is 13.3. The molecule has 0 N–H and O–H groups in total. The first kappa shape index (κ1) is 19.3. The number of aromatic nitrogens is 2. The molecular weight excluding hydrogens is 384 g/mol. The van der Waals surface area contributed by atoms with Crippen LogP contribution in [0.5, 0.6) is 11.5 Å². The summed E-state index contributed by atoms with van der Waals surface area (Å²) in [6.45, 7) is -0.428. The number of Topliss-reactive ketones (excluding diaryl/α,β-unsaturated/α-hetero) is 1. The fourth-order valence-corrected chi connectivity index (χ4v) is 2.23. The average Bonchev–Trinajstić information content (AvgIpc) is 3.17. The van der Waals surface area contributed by atoms with E-state index in [0.29, 0.717) is 11.5 Å². The van der Waals surface area contributed by atoms with E-state index in [1.165, 1.54) is 13.2 Å². The van der Waals surface area contributed by atoms with Crippen molar-refractivity contribution in [2.45, 2.75) is 6.18 Å². The number of hydrogen-bond donors (Lipinski definition) is 0. The van der Waals surface area contributed by atoms with E-state index in [1.54, 1.807) is 24.3 Å². The van der Waals surface area contributed by atoms with Crippen LogP contribution in [0.2, 0.25) is 0 Å². The second kappa shape index (κ2) is 7.67. The number of halogens is 4. The number of carbonyl (C=O) groups excluding carboxylic acids is 1. The Hall–Kier alpha value is -3.43. The van der Waals surface area contributed by atoms with Gasteiger partial charge in [-0.05, 0) is 36.4 Å². The predicted octanol–water partition coefficient (Wildman–Crippen LogP) is 4.16. The molecule has 28 heavy (non-hydrogen) atoms. The van der Waals surface area contributed by atoms with Gasteiger partial charge in [-0.15, -0.1) is 0 Å². The van der Waals surface area contributed by atoms with Crippen molar-refractivity contribution >= 4 is 5.78 Å². The van der Waals surface area contributed by atoms with Crippen LogP contribution in [0.1, 0.15) is 16.2 Å². The zero-order valence-electron chi connectivity index (χ0n) is 14.3. The molecule has 0 amide bonds. The molecule has 0 unspecified atom stereocenters. The van der Waals surface area contributed by atoms with Crippen LogP contribution < -0.4 is 9.47 Å². The minimum absolute atomic E-state index is 0.0654. The van der Waals surface area contributed by atoms with Crippen molar-refractivity contribution in [3.05, 3.63) is 59.7 Å². The van der Waals surface area contributed by atoms with Crippen molar-refractivity contribution in [3.63, 3.8) is 0 Å². The number of ether oxygens (including phenoxy) is 2. The fourth-order valence-electron chi connectivity index (χ4n) is 2.23. The van der Waals surface area contributed by atoms with Crippen LogP contribution in [0.25, 0.3) is 11.4 Å². The van der Waals surface area contributed by atoms with Gasteiger partial charge in [0.2, 0.25) is 11.6 Å². The summed E-state index contributed by atoms with van der Waals surface area (Å²) in [5, 5.41) is 3.17. The molecule has 0 radical (unpaired) electrons. The molecule has 0 aliphatic heterocycles. The van der Waals surface area contributed by atoms with Crippen molar-refractivity contribution in [1.29, 1.82) is 0 Å². The molecule has 2 aromatic carbocycles. The third kappa shape index (κ3) is 4.27. The van der Waals surface area contributed by atoms with Gasteiger partial charge in [0.1, 0.15) is 17.3 Å². The summed E-state index contributed by atoms with van der Waals surface area (Å²) in [6, 6.07) is 9.62. The van der Waals surface area contributed by atoms with Gasteiger partial charge in [-0.25, -0.2) is 4.39 Å². The summed E-state index contributed by atoms with van der Waals surface area (Å²) in [5.41, 5.74) is -0.346. The van der Waals surface area contributed by atoms with E-state index >= 15 is 0 Å². The third-order valence-electron chi connectivity index (χ3n) is 3.63. The topological polar surface area (TPSA) is 74.5 Å². The summed E-state index contributed by atoms with van der Waals surface area (Å²) in [5.74, 6) is -2.59. The number of alkyl halides is 3. The summed E-state index contributed by atoms with van der Waals surface area (Å²) in [7, 11) is 1.50. The van der Waals surface area contributed by atoms with Crippen LogP contribution in [0.4, 0.5) is 17.6 Å². The first-order valence-electron chi connectivity index (χ1n) is 7.79. The summed E-state index contributed by atoms with van der Waals surface area (Å²) < 4.78 is 66.1. The van der Waals surface area contributed by atoms with Crippen LogP contribution in [-0.2, 0) is 6.18 Å². The lowest BCUT2D eigenvalue weighted by molar-refractivity contribution is -0.159. The molecule has 146 valence electrons. The minimum Gasteiger partial charge on any atom is -0.497 e. The van der Waals surface area contributed by atoms with Crippen molar-refractivity contribution in [2.24, 2.45) is 0 Å². The summed E-state index contributed by atoms with van der Waals surface area (Å²) in [6.07, 6.45) is -4.81. The van der Waals surface area contributed by atoms with E-state index in [9.17, 15) is 22.4 Å². The van der Waals surface area contributed by atoms with Gasteiger partial charge in [0.15, 0.2) is 6.61 Å². The third-order valence-corrected chi connectivity index (χ3v) is 3.63. The summed E-state index contributed by atoms with van der Waals surface area (Å²) >= 11 is 0. The van der Waals surface area contributed by atoms with E-state index in [4.69, 9.17) is 9.47 Å². The maximum absolute atomic E-state index is 14.3. The van der Waals surface area contributed by atoms with E-state index < -0.39 is 36.1 Å². The Morgan fingerprint density at radius 3 is 2.36 bits per heavy atom. The van der Waals surface area contributed by atoms with E-state index in [-0.39, 0.29) is 11.1 Å². The zero-order chi connectivity index (χ0) is 20.3. The van der Waals surface area contributed by atoms with Gasteiger partial charge in [-0.1, -0.05) is 11.2 Å². The highest BCUT2D eigenvalue weighted by Gasteiger charge is 2.38. The van der Waals surface area contributed by atoms with E-state index in [0.717, 1.165) is 12.1 Å². The molecular formula is C18H12F4N2O4. The fraction of sp³-hybridized carbons (Fsp3) is 0.167. The first-order valence-corrected chi connectivity index (χ1v) is 7.79. The number of nitrogens with zero attached hydrogens (tertiary/aromatic N) is 2. The lowest BCUT2D eigenvalue weighted by Crippen LogP contribution is -2.13. The molecule has 6 nitrogen and oxygen atoms in total. The molecule has 0 saturated carbocycles. The van der Waals surface area contributed by atoms with Crippen LogP contribution in [0.3, 0.4) is 0 Å². The minimum atomic E-state index is -4.81. The number of methoxy groups -OCH3 is 1. The predicted molar refractivity (Wildman–Crippen MR) is 87.5 cm³/mol. The van der Waals surface area contributed by atoms with Gasteiger partial charge < -0.3 is 14.0 Å². The molecule has 10 heteroatoms. The van der Waals surface area contributed by atoms with Crippen molar-refractivity contribution in [1.82, 2.24) is 10.1 Å². The Kier molecular flexibility index (Phi) is 5.30. The Balaban J connectivity index is 1.70. The molecule has 1 aromatic heterocycles. The Morgan fingerprint density at radius 2 is 1.79 bits per heavy atom. The molecule has 1 heterocycles. The van der Waals surface area contributed by atoms with Gasteiger partial charge in [0, 0.05) is 5.56 Å². The lowest BCUT2D eigenvalue weighted by Gasteiger charge is -2.07. The number of hydrogen-bond acceptors (Lipinski definition) is 6. The second-order valence-electron chi connectivity index (χ2n) is 5.50. The molecule has 0 saturated heterocycles. The molecule has 0 bridgehead atoms. The summed E-state index contributed by atoms with van der Waals surface area (Å²) in [4.78, 5) is 15.3. The molecule has 0 fully saturated rings. The standard InChI is InChI=1S/C18H12F4N2O4/c1-26-11-3-5-12(6-4-11)27-9-15(25)13-7-2-10(8-14(13)19)16-23-17(28-24-16)18(20,21)22/h2-8H,9H2,1H3. The monoisotopic (exact) mass is 396 g/mol. The molecule has 3 rings (SSSR count). The van der Waals surface area contributed by atoms with Gasteiger partial charge in [0.05, 0.1) is 12.7 Å². The van der Waals surface area contributed by atoms with Crippen LogP contribution in [0.15, 0.2) is 47.0 Å². The Labute approximate surface area is 155 Å². The van der Waals surface area contributed by atoms with Crippen LogP contribution in [0, 0.1) is 5.82 Å². The SMILES string of the molecule is COc1ccc(OCC(=O)c2ccc(-c3noc(C(F)(F)F)n3)cc2F)cc1. The molecule has 0 aliphatic rings. The number of ketones is 1. The van der Waals surface area contributed by atoms with Crippen molar-refractivity contribution in [2.75, 3.05) is 13.7 Å². The van der Waals surface area contributed by atoms with Crippen molar-refractivity contribution in [3.8, 4) is 22.9 Å². The Bertz CT molecular complexity index is 984.